The third-order valence-electron chi connectivity index (χ3n) is 4.55. The Bertz CT molecular complexity index is 369. The van der Waals surface area contributed by atoms with E-state index in [1.807, 2.05) is 6.92 Å². The average molecular weight is 298 g/mol. The summed E-state index contributed by atoms with van der Waals surface area (Å²) in [6, 6.07) is -1.03. The van der Waals surface area contributed by atoms with Crippen LogP contribution in [0.25, 0.3) is 0 Å². The van der Waals surface area contributed by atoms with Crippen LogP contribution < -0.4 is 5.32 Å². The molecule has 1 aliphatic carbocycles. The Labute approximate surface area is 125 Å². The van der Waals surface area contributed by atoms with Crippen LogP contribution >= 0.6 is 0 Å². The molecule has 1 saturated heterocycles. The summed E-state index contributed by atoms with van der Waals surface area (Å²) in [4.78, 5) is 25.5. The predicted octanol–water partition coefficient (Wildman–Crippen LogP) is 1.84. The number of ether oxygens (including phenoxy) is 1. The Morgan fingerprint density at radius 2 is 2.05 bits per heavy atom. The number of morpholine rings is 1. The van der Waals surface area contributed by atoms with Crippen LogP contribution in [0.1, 0.15) is 45.4 Å². The van der Waals surface area contributed by atoms with Crippen molar-refractivity contribution in [2.24, 2.45) is 5.92 Å². The summed E-state index contributed by atoms with van der Waals surface area (Å²) >= 11 is 0. The largest absolute Gasteiger partial charge is 0.480 e. The van der Waals surface area contributed by atoms with E-state index in [4.69, 9.17) is 4.74 Å². The van der Waals surface area contributed by atoms with Crippen molar-refractivity contribution in [1.29, 1.82) is 0 Å². The van der Waals surface area contributed by atoms with Crippen LogP contribution in [0.4, 0.5) is 4.79 Å². The van der Waals surface area contributed by atoms with Crippen LogP contribution in [0, 0.1) is 5.92 Å². The first-order valence-electron chi connectivity index (χ1n) is 8.01. The molecular weight excluding hydrogens is 272 g/mol. The maximum atomic E-state index is 12.3. The molecule has 0 aromatic heterocycles. The van der Waals surface area contributed by atoms with E-state index in [2.05, 4.69) is 5.32 Å². The topological polar surface area (TPSA) is 78.9 Å². The van der Waals surface area contributed by atoms with E-state index in [1.165, 1.54) is 6.42 Å². The van der Waals surface area contributed by atoms with Gasteiger partial charge in [0.2, 0.25) is 0 Å². The fourth-order valence-electron chi connectivity index (χ4n) is 3.22. The van der Waals surface area contributed by atoms with E-state index in [9.17, 15) is 14.7 Å². The van der Waals surface area contributed by atoms with Crippen molar-refractivity contribution in [1.82, 2.24) is 10.2 Å². The molecule has 120 valence electrons. The third-order valence-corrected chi connectivity index (χ3v) is 4.55. The monoisotopic (exact) mass is 298 g/mol. The summed E-state index contributed by atoms with van der Waals surface area (Å²) < 4.78 is 5.54. The zero-order valence-corrected chi connectivity index (χ0v) is 12.7. The standard InChI is InChI=1S/C15H26N2O4/c1-2-12-10-17(8-9-21-12)15(20)16-13(14(18)19)11-6-4-3-5-7-11/h11-13H,2-10H2,1H3,(H,16,20)(H,18,19). The summed E-state index contributed by atoms with van der Waals surface area (Å²) in [7, 11) is 0. The number of carboxylic acid groups (broad SMARTS) is 1. The van der Waals surface area contributed by atoms with Crippen LogP contribution in [0.2, 0.25) is 0 Å². The van der Waals surface area contributed by atoms with E-state index in [1.54, 1.807) is 4.90 Å². The maximum Gasteiger partial charge on any atom is 0.326 e. The van der Waals surface area contributed by atoms with Crippen molar-refractivity contribution in [3.63, 3.8) is 0 Å². The predicted molar refractivity (Wildman–Crippen MR) is 78.1 cm³/mol. The summed E-state index contributed by atoms with van der Waals surface area (Å²) in [6.45, 7) is 3.61. The molecule has 1 heterocycles. The number of carbonyl (C=O) groups is 2. The lowest BCUT2D eigenvalue weighted by Crippen LogP contribution is -2.55. The van der Waals surface area contributed by atoms with Crippen LogP contribution in [0.3, 0.4) is 0 Å². The summed E-state index contributed by atoms with van der Waals surface area (Å²) in [5.74, 6) is -0.862. The van der Waals surface area contributed by atoms with Gasteiger partial charge in [0.05, 0.1) is 12.7 Å². The number of nitrogens with zero attached hydrogens (tertiary/aromatic N) is 1. The van der Waals surface area contributed by atoms with Crippen molar-refractivity contribution in [2.75, 3.05) is 19.7 Å². The van der Waals surface area contributed by atoms with Gasteiger partial charge in [-0.25, -0.2) is 9.59 Å². The molecule has 6 nitrogen and oxygen atoms in total. The lowest BCUT2D eigenvalue weighted by Gasteiger charge is -2.35. The average Bonchev–Trinajstić information content (AvgIpc) is 2.53. The molecule has 1 aliphatic heterocycles. The summed E-state index contributed by atoms with van der Waals surface area (Å²) in [5, 5.41) is 12.1. The lowest BCUT2D eigenvalue weighted by molar-refractivity contribution is -0.141. The highest BCUT2D eigenvalue weighted by Crippen LogP contribution is 2.26. The zero-order chi connectivity index (χ0) is 15.2. The van der Waals surface area contributed by atoms with Gasteiger partial charge in [-0.05, 0) is 25.2 Å². The highest BCUT2D eigenvalue weighted by molar-refractivity contribution is 5.82. The normalized spacial score (nSPS) is 25.4. The molecule has 6 heteroatoms. The van der Waals surface area contributed by atoms with Crippen LogP contribution in [-0.2, 0) is 9.53 Å². The highest BCUT2D eigenvalue weighted by Gasteiger charge is 2.33. The van der Waals surface area contributed by atoms with Crippen LogP contribution in [0.15, 0.2) is 0 Å². The van der Waals surface area contributed by atoms with Gasteiger partial charge in [0.1, 0.15) is 6.04 Å². The first kappa shape index (κ1) is 16.1. The molecule has 0 spiro atoms. The van der Waals surface area contributed by atoms with Crippen LogP contribution in [-0.4, -0.2) is 53.8 Å². The number of rotatable bonds is 4. The maximum absolute atomic E-state index is 12.3. The summed E-state index contributed by atoms with van der Waals surface area (Å²) in [6.07, 6.45) is 5.96. The molecule has 0 aromatic carbocycles. The van der Waals surface area contributed by atoms with E-state index in [0.29, 0.717) is 19.7 Å². The van der Waals surface area contributed by atoms with Gasteiger partial charge in [-0.3, -0.25) is 0 Å². The van der Waals surface area contributed by atoms with Crippen molar-refractivity contribution in [3.8, 4) is 0 Å². The zero-order valence-electron chi connectivity index (χ0n) is 12.7. The number of carbonyl (C=O) groups excluding carboxylic acids is 1. The van der Waals surface area contributed by atoms with Crippen molar-refractivity contribution in [2.45, 2.75) is 57.6 Å². The molecule has 0 radical (unpaired) electrons. The SMILES string of the molecule is CCC1CN(C(=O)NC(C(=O)O)C2CCCCC2)CCO1. The van der Waals surface area contributed by atoms with Crippen LogP contribution in [0.5, 0.6) is 0 Å². The van der Waals surface area contributed by atoms with Gasteiger partial charge < -0.3 is 20.1 Å². The van der Waals surface area contributed by atoms with Gasteiger partial charge in [0, 0.05) is 13.1 Å². The highest BCUT2D eigenvalue weighted by atomic mass is 16.5. The molecule has 1 saturated carbocycles. The second-order valence-electron chi connectivity index (χ2n) is 6.01. The molecule has 2 unspecified atom stereocenters. The number of urea groups is 1. The molecule has 0 aromatic rings. The van der Waals surface area contributed by atoms with Crippen molar-refractivity contribution >= 4 is 12.0 Å². The Balaban J connectivity index is 1.92. The molecular formula is C15H26N2O4. The van der Waals surface area contributed by atoms with Gasteiger partial charge in [0.25, 0.3) is 0 Å². The number of hydrogen-bond acceptors (Lipinski definition) is 3. The minimum atomic E-state index is -0.921. The van der Waals surface area contributed by atoms with Gasteiger partial charge in [0.15, 0.2) is 0 Å². The molecule has 0 bridgehead atoms. The first-order chi connectivity index (χ1) is 10.1. The van der Waals surface area contributed by atoms with E-state index >= 15 is 0 Å². The molecule has 2 atom stereocenters. The fourth-order valence-corrected chi connectivity index (χ4v) is 3.22. The van der Waals surface area contributed by atoms with Crippen molar-refractivity contribution in [3.05, 3.63) is 0 Å². The second-order valence-corrected chi connectivity index (χ2v) is 6.01. The smallest absolute Gasteiger partial charge is 0.326 e. The molecule has 2 N–H and O–H groups in total. The Kier molecular flexibility index (Phi) is 5.85. The van der Waals surface area contributed by atoms with Gasteiger partial charge in [-0.1, -0.05) is 26.2 Å². The number of nitrogens with one attached hydrogen (secondary N) is 1. The Morgan fingerprint density at radius 1 is 1.33 bits per heavy atom. The lowest BCUT2D eigenvalue weighted by atomic mass is 9.84. The first-order valence-corrected chi connectivity index (χ1v) is 8.01. The van der Waals surface area contributed by atoms with Gasteiger partial charge in [-0.15, -0.1) is 0 Å². The molecule has 21 heavy (non-hydrogen) atoms. The molecule has 2 rings (SSSR count). The molecule has 2 fully saturated rings. The van der Waals surface area contributed by atoms with Crippen molar-refractivity contribution < 1.29 is 19.4 Å². The number of amides is 2. The third kappa shape index (κ3) is 4.33. The van der Waals surface area contributed by atoms with Gasteiger partial charge >= 0.3 is 12.0 Å². The number of aliphatic carboxylic acids is 1. The Morgan fingerprint density at radius 3 is 2.67 bits per heavy atom. The minimum absolute atomic E-state index is 0.0578. The minimum Gasteiger partial charge on any atom is -0.480 e. The summed E-state index contributed by atoms with van der Waals surface area (Å²) in [5.41, 5.74) is 0. The molecule has 2 amide bonds. The van der Waals surface area contributed by atoms with E-state index < -0.39 is 12.0 Å². The molecule has 2 aliphatic rings. The Hall–Kier alpha value is -1.30. The quantitative estimate of drug-likeness (QED) is 0.830. The van der Waals surface area contributed by atoms with E-state index in [-0.39, 0.29) is 18.1 Å². The van der Waals surface area contributed by atoms with Gasteiger partial charge in [-0.2, -0.15) is 0 Å². The second kappa shape index (κ2) is 7.64. The number of hydrogen-bond donors (Lipinski definition) is 2. The number of carboxylic acids is 1. The fraction of sp³-hybridized carbons (Fsp3) is 0.867. The van der Waals surface area contributed by atoms with E-state index in [0.717, 1.165) is 32.1 Å².